The second-order valence-electron chi connectivity index (χ2n) is 21.6. The second-order valence-corrected chi connectivity index (χ2v) is 21.6. The maximum Gasteiger partial charge on any atom is 0.306 e. The van der Waals surface area contributed by atoms with Crippen LogP contribution < -0.4 is 0 Å². The Morgan fingerprint density at radius 2 is 0.494 bits per heavy atom. The summed E-state index contributed by atoms with van der Waals surface area (Å²) < 4.78 is 16.9. The van der Waals surface area contributed by atoms with Gasteiger partial charge in [0.2, 0.25) is 0 Å². The van der Waals surface area contributed by atoms with Gasteiger partial charge in [0.1, 0.15) is 13.2 Å². The van der Waals surface area contributed by atoms with Crippen molar-refractivity contribution in [1.29, 1.82) is 0 Å². The fraction of sp³-hybridized carbons (Fsp3) is 0.685. The first-order valence-electron chi connectivity index (χ1n) is 33.0. The zero-order valence-corrected chi connectivity index (χ0v) is 51.6. The fourth-order valence-electron chi connectivity index (χ4n) is 8.98. The normalized spacial score (nSPS) is 12.9. The number of esters is 3. The first kappa shape index (κ1) is 74.8. The third-order valence-corrected chi connectivity index (χ3v) is 13.9. The van der Waals surface area contributed by atoms with Crippen molar-refractivity contribution < 1.29 is 28.6 Å². The van der Waals surface area contributed by atoms with Crippen LogP contribution in [-0.2, 0) is 28.6 Å². The molecule has 1 unspecified atom stereocenters. The molecule has 0 aliphatic heterocycles. The quantitative estimate of drug-likeness (QED) is 0.0261. The molecule has 0 spiro atoms. The van der Waals surface area contributed by atoms with Gasteiger partial charge in [0, 0.05) is 19.3 Å². The number of unbranched alkanes of at least 4 members (excludes halogenated alkanes) is 28. The Balaban J connectivity index is 4.24. The lowest BCUT2D eigenvalue weighted by molar-refractivity contribution is -0.167. The van der Waals surface area contributed by atoms with Crippen LogP contribution in [0.3, 0.4) is 0 Å². The average molecular weight is 1100 g/mol. The third-order valence-electron chi connectivity index (χ3n) is 13.9. The van der Waals surface area contributed by atoms with E-state index in [1.165, 1.54) is 128 Å². The lowest BCUT2D eigenvalue weighted by atomic mass is 10.0. The van der Waals surface area contributed by atoms with Gasteiger partial charge >= 0.3 is 17.9 Å². The van der Waals surface area contributed by atoms with Crippen molar-refractivity contribution in [2.24, 2.45) is 0 Å². The van der Waals surface area contributed by atoms with Gasteiger partial charge in [-0.3, -0.25) is 14.4 Å². The van der Waals surface area contributed by atoms with E-state index >= 15 is 0 Å². The number of allylic oxidation sites excluding steroid dienone is 20. The molecule has 0 radical (unpaired) electrons. The van der Waals surface area contributed by atoms with Gasteiger partial charge in [-0.1, -0.05) is 271 Å². The van der Waals surface area contributed by atoms with Crippen LogP contribution in [0.5, 0.6) is 0 Å². The average Bonchev–Trinajstić information content (AvgIpc) is 3.45. The molecule has 0 amide bonds. The van der Waals surface area contributed by atoms with Crippen LogP contribution >= 0.6 is 0 Å². The van der Waals surface area contributed by atoms with E-state index in [0.29, 0.717) is 19.3 Å². The van der Waals surface area contributed by atoms with E-state index in [9.17, 15) is 14.4 Å². The van der Waals surface area contributed by atoms with Crippen LogP contribution in [0.4, 0.5) is 0 Å². The molecule has 0 fully saturated rings. The van der Waals surface area contributed by atoms with Crippen molar-refractivity contribution in [3.8, 4) is 0 Å². The van der Waals surface area contributed by atoms with E-state index in [1.807, 2.05) is 0 Å². The number of hydrogen-bond acceptors (Lipinski definition) is 6. The van der Waals surface area contributed by atoms with Gasteiger partial charge in [-0.15, -0.1) is 0 Å². The molecule has 0 saturated heterocycles. The summed E-state index contributed by atoms with van der Waals surface area (Å²) in [6.45, 7) is 6.48. The van der Waals surface area contributed by atoms with E-state index in [1.54, 1.807) is 0 Å². The number of hydrogen-bond donors (Lipinski definition) is 0. The zero-order valence-electron chi connectivity index (χ0n) is 51.6. The Morgan fingerprint density at radius 3 is 0.810 bits per heavy atom. The number of rotatable bonds is 59. The molecular formula is C73H122O6. The van der Waals surface area contributed by atoms with Crippen molar-refractivity contribution in [1.82, 2.24) is 0 Å². The summed E-state index contributed by atoms with van der Waals surface area (Å²) >= 11 is 0. The van der Waals surface area contributed by atoms with E-state index in [0.717, 1.165) is 135 Å². The maximum absolute atomic E-state index is 12.9. The molecule has 0 bridgehead atoms. The second kappa shape index (κ2) is 66.3. The minimum atomic E-state index is -0.792. The molecule has 0 N–H and O–H groups in total. The van der Waals surface area contributed by atoms with E-state index in [2.05, 4.69) is 142 Å². The molecule has 0 rings (SSSR count). The molecule has 0 heterocycles. The monoisotopic (exact) mass is 1090 g/mol. The predicted octanol–water partition coefficient (Wildman–Crippen LogP) is 22.8. The molecule has 1 atom stereocenters. The largest absolute Gasteiger partial charge is 0.462 e. The van der Waals surface area contributed by atoms with Gasteiger partial charge in [0.25, 0.3) is 0 Å². The van der Waals surface area contributed by atoms with E-state index < -0.39 is 6.10 Å². The molecule has 6 nitrogen and oxygen atoms in total. The smallest absolute Gasteiger partial charge is 0.306 e. The Labute approximate surface area is 488 Å². The predicted molar refractivity (Wildman–Crippen MR) is 343 cm³/mol. The molecule has 0 aromatic heterocycles. The minimum Gasteiger partial charge on any atom is -0.462 e. The van der Waals surface area contributed by atoms with Crippen molar-refractivity contribution in [3.05, 3.63) is 122 Å². The number of ether oxygens (including phenoxy) is 3. The van der Waals surface area contributed by atoms with Crippen LogP contribution in [0, 0.1) is 0 Å². The summed E-state index contributed by atoms with van der Waals surface area (Å²) in [4.78, 5) is 38.3. The van der Waals surface area contributed by atoms with Crippen LogP contribution in [-0.4, -0.2) is 37.2 Å². The third kappa shape index (κ3) is 64.5. The SMILES string of the molecule is CC/C=C\C/C=C\C/C=C\C/C=C\C/C=C\C/C=C\C/C=C\CCCCCCCCCCCCCC(=O)OCC(COC(=O)CCCCCCC/C=C\CCCCCC)OC(=O)CCCCCCC/C=C\C/C=C\CCCCC. The lowest BCUT2D eigenvalue weighted by Crippen LogP contribution is -2.30. The van der Waals surface area contributed by atoms with Gasteiger partial charge in [-0.05, 0) is 135 Å². The van der Waals surface area contributed by atoms with Crippen LogP contribution in [0.1, 0.15) is 303 Å². The van der Waals surface area contributed by atoms with Gasteiger partial charge in [0.15, 0.2) is 6.10 Å². The number of carbonyl (C=O) groups is 3. The summed E-state index contributed by atoms with van der Waals surface area (Å²) in [5.74, 6) is -0.908. The standard InChI is InChI=1S/C73H122O6/c1-4-7-10-13-16-19-22-25-27-28-29-30-31-32-33-34-35-36-37-38-39-40-41-42-43-44-46-48-51-54-57-60-63-66-72(75)78-69-70(68-77-71(74)65-62-59-56-53-50-47-24-21-18-15-12-9-6-3)79-73(76)67-64-61-58-55-52-49-45-26-23-20-17-14-11-8-5-2/h7,10,16-17,19-21,24-27,29-30,32-33,35-36,38-39,45,70H,4-6,8-9,11-15,18,22-23,28,31,34,37,40-44,46-69H2,1-3H3/b10-7-,19-16-,20-17-,24-21-,27-25-,30-29-,33-32-,36-35-,39-38-,45-26-. The highest BCUT2D eigenvalue weighted by Gasteiger charge is 2.19. The van der Waals surface area contributed by atoms with Crippen LogP contribution in [0.25, 0.3) is 0 Å². The molecule has 0 aromatic rings. The molecule has 0 aromatic carbocycles. The van der Waals surface area contributed by atoms with E-state index in [4.69, 9.17) is 14.2 Å². The highest BCUT2D eigenvalue weighted by atomic mass is 16.6. The van der Waals surface area contributed by atoms with Gasteiger partial charge in [-0.25, -0.2) is 0 Å². The number of carbonyl (C=O) groups excluding carboxylic acids is 3. The van der Waals surface area contributed by atoms with Crippen LogP contribution in [0.2, 0.25) is 0 Å². The summed E-state index contributed by atoms with van der Waals surface area (Å²) in [7, 11) is 0. The Morgan fingerprint density at radius 1 is 0.266 bits per heavy atom. The Kier molecular flexibility index (Phi) is 62.8. The topological polar surface area (TPSA) is 78.9 Å². The Bertz CT molecular complexity index is 1640. The molecule has 0 saturated carbocycles. The summed E-state index contributed by atoms with van der Waals surface area (Å²) in [6, 6.07) is 0. The van der Waals surface area contributed by atoms with Crippen molar-refractivity contribution in [2.75, 3.05) is 13.2 Å². The first-order chi connectivity index (χ1) is 39.0. The summed E-state index contributed by atoms with van der Waals surface area (Å²) in [5, 5.41) is 0. The summed E-state index contributed by atoms with van der Waals surface area (Å²) in [6.07, 6.45) is 92.1. The Hall–Kier alpha value is -4.19. The highest BCUT2D eigenvalue weighted by molar-refractivity contribution is 5.71. The first-order valence-corrected chi connectivity index (χ1v) is 33.0. The van der Waals surface area contributed by atoms with E-state index in [-0.39, 0.29) is 31.1 Å². The van der Waals surface area contributed by atoms with Crippen molar-refractivity contribution in [2.45, 2.75) is 309 Å². The molecule has 79 heavy (non-hydrogen) atoms. The maximum atomic E-state index is 12.9. The van der Waals surface area contributed by atoms with Gasteiger partial charge in [-0.2, -0.15) is 0 Å². The van der Waals surface area contributed by atoms with Crippen LogP contribution in [0.15, 0.2) is 122 Å². The zero-order chi connectivity index (χ0) is 57.1. The lowest BCUT2D eigenvalue weighted by Gasteiger charge is -2.18. The summed E-state index contributed by atoms with van der Waals surface area (Å²) in [5.41, 5.74) is 0. The van der Waals surface area contributed by atoms with Crippen molar-refractivity contribution >= 4 is 17.9 Å². The highest BCUT2D eigenvalue weighted by Crippen LogP contribution is 2.15. The minimum absolute atomic E-state index is 0.0883. The van der Waals surface area contributed by atoms with Gasteiger partial charge in [0.05, 0.1) is 0 Å². The molecule has 0 aliphatic carbocycles. The van der Waals surface area contributed by atoms with Gasteiger partial charge < -0.3 is 14.2 Å². The molecule has 6 heteroatoms. The molecule has 450 valence electrons. The molecular weight excluding hydrogens is 973 g/mol. The molecule has 0 aliphatic rings. The van der Waals surface area contributed by atoms with Crippen molar-refractivity contribution in [3.63, 3.8) is 0 Å². The fourth-order valence-corrected chi connectivity index (χ4v) is 8.98.